The number of ether oxygens (including phenoxy) is 6. The van der Waals surface area contributed by atoms with E-state index in [2.05, 4.69) is 0 Å². The first-order chi connectivity index (χ1) is 14.6. The maximum atomic E-state index is 13.0. The molecular formula is C23H22O7. The molecule has 1 atom stereocenters. The van der Waals surface area contributed by atoms with E-state index >= 15 is 0 Å². The van der Waals surface area contributed by atoms with Gasteiger partial charge in [0.1, 0.15) is 11.5 Å². The molecule has 0 spiro atoms. The Labute approximate surface area is 174 Å². The van der Waals surface area contributed by atoms with Crippen LogP contribution in [0.4, 0.5) is 0 Å². The van der Waals surface area contributed by atoms with Gasteiger partial charge in [-0.1, -0.05) is 0 Å². The zero-order valence-electron chi connectivity index (χ0n) is 17.1. The molecule has 5 rings (SSSR count). The Hall–Kier alpha value is -3.35. The Morgan fingerprint density at radius 3 is 2.23 bits per heavy atom. The summed E-state index contributed by atoms with van der Waals surface area (Å²) >= 11 is 0. The molecule has 2 heterocycles. The van der Waals surface area contributed by atoms with Gasteiger partial charge in [-0.15, -0.1) is 0 Å². The first-order valence-corrected chi connectivity index (χ1v) is 9.82. The number of Topliss-reactive ketones (excluding diaryl/α,β-unsaturated/α-hetero) is 1. The summed E-state index contributed by atoms with van der Waals surface area (Å²) in [5.41, 5.74) is 2.39. The predicted octanol–water partition coefficient (Wildman–Crippen LogP) is 3.97. The van der Waals surface area contributed by atoms with Gasteiger partial charge in [0, 0.05) is 36.0 Å². The van der Waals surface area contributed by atoms with Crippen molar-refractivity contribution in [2.45, 2.75) is 25.2 Å². The molecular weight excluding hydrogens is 388 g/mol. The molecule has 0 unspecified atom stereocenters. The lowest BCUT2D eigenvalue weighted by Gasteiger charge is -2.33. The monoisotopic (exact) mass is 410 g/mol. The second kappa shape index (κ2) is 7.16. The summed E-state index contributed by atoms with van der Waals surface area (Å²) < 4.78 is 33.9. The van der Waals surface area contributed by atoms with Crippen LogP contribution in [0.1, 0.15) is 36.3 Å². The smallest absolute Gasteiger partial charge is 0.231 e. The van der Waals surface area contributed by atoms with Gasteiger partial charge in [-0.05, 0) is 30.2 Å². The van der Waals surface area contributed by atoms with E-state index in [4.69, 9.17) is 28.4 Å². The lowest BCUT2D eigenvalue weighted by Crippen LogP contribution is -2.25. The Kier molecular flexibility index (Phi) is 4.46. The number of fused-ring (bicyclic) bond motifs is 2. The van der Waals surface area contributed by atoms with Crippen LogP contribution in [-0.4, -0.2) is 33.9 Å². The maximum absolute atomic E-state index is 13.0. The van der Waals surface area contributed by atoms with E-state index in [1.807, 2.05) is 24.3 Å². The van der Waals surface area contributed by atoms with Crippen LogP contribution in [0.2, 0.25) is 0 Å². The van der Waals surface area contributed by atoms with E-state index in [0.717, 1.165) is 29.7 Å². The zero-order valence-corrected chi connectivity index (χ0v) is 17.1. The highest BCUT2D eigenvalue weighted by atomic mass is 16.7. The van der Waals surface area contributed by atoms with Gasteiger partial charge in [-0.3, -0.25) is 4.79 Å². The van der Waals surface area contributed by atoms with Gasteiger partial charge in [-0.25, -0.2) is 0 Å². The Morgan fingerprint density at radius 2 is 1.57 bits per heavy atom. The largest absolute Gasteiger partial charge is 0.493 e. The van der Waals surface area contributed by atoms with Crippen molar-refractivity contribution in [3.05, 3.63) is 46.7 Å². The molecule has 2 aromatic rings. The van der Waals surface area contributed by atoms with Gasteiger partial charge in [0.15, 0.2) is 28.8 Å². The molecule has 0 fully saturated rings. The molecule has 1 aliphatic carbocycles. The number of rotatable bonds is 4. The van der Waals surface area contributed by atoms with Crippen LogP contribution >= 0.6 is 0 Å². The highest BCUT2D eigenvalue weighted by Crippen LogP contribution is 2.52. The number of ketones is 1. The van der Waals surface area contributed by atoms with Gasteiger partial charge in [-0.2, -0.15) is 0 Å². The van der Waals surface area contributed by atoms with Crippen molar-refractivity contribution in [2.24, 2.45) is 0 Å². The Balaban J connectivity index is 1.75. The van der Waals surface area contributed by atoms with E-state index in [1.165, 1.54) is 0 Å². The molecule has 30 heavy (non-hydrogen) atoms. The average molecular weight is 410 g/mol. The second-order valence-corrected chi connectivity index (χ2v) is 7.35. The fourth-order valence-corrected chi connectivity index (χ4v) is 4.42. The van der Waals surface area contributed by atoms with Gasteiger partial charge >= 0.3 is 0 Å². The van der Waals surface area contributed by atoms with Gasteiger partial charge < -0.3 is 28.4 Å². The average Bonchev–Trinajstić information content (AvgIpc) is 3.22. The van der Waals surface area contributed by atoms with Crippen LogP contribution < -0.4 is 28.4 Å². The fraction of sp³-hybridized carbons (Fsp3) is 0.348. The topological polar surface area (TPSA) is 72.5 Å². The highest BCUT2D eigenvalue weighted by molar-refractivity contribution is 5.99. The minimum absolute atomic E-state index is 0.0957. The van der Waals surface area contributed by atoms with E-state index in [1.54, 1.807) is 21.3 Å². The van der Waals surface area contributed by atoms with Crippen molar-refractivity contribution in [1.82, 2.24) is 0 Å². The molecule has 7 nitrogen and oxygen atoms in total. The third kappa shape index (κ3) is 2.76. The molecule has 2 aromatic carbocycles. The fourth-order valence-electron chi connectivity index (χ4n) is 4.42. The lowest BCUT2D eigenvalue weighted by molar-refractivity contribution is -0.116. The summed E-state index contributed by atoms with van der Waals surface area (Å²) in [5, 5.41) is 0. The number of benzene rings is 2. The molecule has 0 amide bonds. The first-order valence-electron chi connectivity index (χ1n) is 9.82. The van der Waals surface area contributed by atoms with Crippen LogP contribution in [0.15, 0.2) is 35.6 Å². The molecule has 156 valence electrons. The number of carbonyl (C=O) groups is 1. The Morgan fingerprint density at radius 1 is 0.867 bits per heavy atom. The first kappa shape index (κ1) is 18.7. The summed E-state index contributed by atoms with van der Waals surface area (Å²) in [6.45, 7) is 0.166. The molecule has 0 saturated heterocycles. The van der Waals surface area contributed by atoms with E-state index in [9.17, 15) is 4.79 Å². The summed E-state index contributed by atoms with van der Waals surface area (Å²) in [5.74, 6) is 4.01. The third-order valence-electron chi connectivity index (χ3n) is 5.77. The van der Waals surface area contributed by atoms with E-state index in [-0.39, 0.29) is 18.5 Å². The van der Waals surface area contributed by atoms with Gasteiger partial charge in [0.05, 0.1) is 21.3 Å². The third-order valence-corrected chi connectivity index (χ3v) is 5.77. The SMILES string of the molecule is COc1cc([C@H]2C3=C(CCCC3=O)Oc3cc4c(cc32)OCO4)cc(OC)c1OC. The number of hydrogen-bond donors (Lipinski definition) is 0. The molecule has 2 aliphatic heterocycles. The van der Waals surface area contributed by atoms with Crippen molar-refractivity contribution in [2.75, 3.05) is 28.1 Å². The van der Waals surface area contributed by atoms with Crippen molar-refractivity contribution < 1.29 is 33.2 Å². The van der Waals surface area contributed by atoms with Crippen molar-refractivity contribution in [1.29, 1.82) is 0 Å². The molecule has 0 saturated carbocycles. The normalized spacial score (nSPS) is 19.0. The summed E-state index contributed by atoms with van der Waals surface area (Å²) in [7, 11) is 4.72. The molecule has 0 N–H and O–H groups in total. The number of hydrogen-bond acceptors (Lipinski definition) is 7. The van der Waals surface area contributed by atoms with Crippen LogP contribution in [0, 0.1) is 0 Å². The number of allylic oxidation sites excluding steroid dienone is 2. The van der Waals surface area contributed by atoms with Gasteiger partial charge in [0.25, 0.3) is 0 Å². The second-order valence-electron chi connectivity index (χ2n) is 7.35. The number of methoxy groups -OCH3 is 3. The quantitative estimate of drug-likeness (QED) is 0.755. The molecule has 0 bridgehead atoms. The van der Waals surface area contributed by atoms with Crippen LogP contribution in [0.3, 0.4) is 0 Å². The van der Waals surface area contributed by atoms with Gasteiger partial charge in [0.2, 0.25) is 12.5 Å². The summed E-state index contributed by atoms with van der Waals surface area (Å²) in [6.07, 6.45) is 2.00. The van der Waals surface area contributed by atoms with Crippen LogP contribution in [0.5, 0.6) is 34.5 Å². The molecule has 7 heteroatoms. The Bertz CT molecular complexity index is 1040. The van der Waals surface area contributed by atoms with Crippen molar-refractivity contribution >= 4 is 5.78 Å². The highest BCUT2D eigenvalue weighted by Gasteiger charge is 2.39. The summed E-state index contributed by atoms with van der Waals surface area (Å²) in [6, 6.07) is 7.51. The minimum atomic E-state index is -0.334. The van der Waals surface area contributed by atoms with E-state index < -0.39 is 0 Å². The van der Waals surface area contributed by atoms with Crippen molar-refractivity contribution in [3.8, 4) is 34.5 Å². The maximum Gasteiger partial charge on any atom is 0.231 e. The lowest BCUT2D eigenvalue weighted by atomic mass is 9.77. The zero-order chi connectivity index (χ0) is 20.8. The molecule has 0 aromatic heterocycles. The van der Waals surface area contributed by atoms with Crippen LogP contribution in [-0.2, 0) is 4.79 Å². The summed E-state index contributed by atoms with van der Waals surface area (Å²) in [4.78, 5) is 13.0. The molecule has 0 radical (unpaired) electrons. The van der Waals surface area contributed by atoms with Crippen LogP contribution in [0.25, 0.3) is 0 Å². The van der Waals surface area contributed by atoms with E-state index in [0.29, 0.717) is 46.5 Å². The van der Waals surface area contributed by atoms with Crippen molar-refractivity contribution in [3.63, 3.8) is 0 Å². The standard InChI is InChI=1S/C23H22O7/c1-25-19-7-12(8-20(26-2)23(19)27-3)21-13-9-17-18(29-11-28-17)10-16(13)30-15-6-4-5-14(24)22(15)21/h7-10,21H,4-6,11H2,1-3H3/t21-/m1/s1. The number of carbonyl (C=O) groups excluding carboxylic acids is 1. The molecule has 3 aliphatic rings. The minimum Gasteiger partial charge on any atom is -0.493 e. The predicted molar refractivity (Wildman–Crippen MR) is 107 cm³/mol.